The molecule has 8 heteroatoms. The summed E-state index contributed by atoms with van der Waals surface area (Å²) < 4.78 is 11.0. The molecule has 4 aliphatic carbocycles. The molecule has 0 aromatic carbocycles. The second-order valence-corrected chi connectivity index (χ2v) is 12.1. The maximum Gasteiger partial charge on any atom is 0.187 e. The van der Waals surface area contributed by atoms with Gasteiger partial charge in [0.05, 0.1) is 6.61 Å². The Bertz CT molecular complexity index is 884. The van der Waals surface area contributed by atoms with Gasteiger partial charge in [-0.25, -0.2) is 0 Å². The Balaban J connectivity index is 1.26. The molecule has 0 spiro atoms. The number of ether oxygens (including phenoxy) is 2. The number of Topliss-reactive ketones (excluding diaryl/α,β-unsaturated/α-hetero) is 1. The van der Waals surface area contributed by atoms with Crippen molar-refractivity contribution in [2.45, 2.75) is 95.9 Å². The Kier molecular flexibility index (Phi) is 6.77. The largest absolute Gasteiger partial charge is 0.394 e. The molecule has 1 aliphatic heterocycles. The lowest BCUT2D eigenvalue weighted by Crippen LogP contribution is -2.59. The Labute approximate surface area is 206 Å². The van der Waals surface area contributed by atoms with Crippen molar-refractivity contribution in [1.82, 2.24) is 0 Å². The van der Waals surface area contributed by atoms with Crippen molar-refractivity contribution >= 4 is 11.6 Å². The number of rotatable bonds is 5. The molecule has 4 fully saturated rings. The topological polar surface area (TPSA) is 134 Å². The van der Waals surface area contributed by atoms with E-state index in [1.807, 2.05) is 6.08 Å². The monoisotopic (exact) mass is 492 g/mol. The number of aliphatic hydroxyl groups is 4. The number of fused-ring (bicyclic) bond motifs is 5. The predicted molar refractivity (Wildman–Crippen MR) is 125 cm³/mol. The van der Waals surface area contributed by atoms with E-state index in [1.54, 1.807) is 0 Å². The number of hydrogen-bond donors (Lipinski definition) is 4. The molecular weight excluding hydrogens is 452 g/mol. The minimum absolute atomic E-state index is 0.0173. The first-order valence-corrected chi connectivity index (χ1v) is 13.3. The van der Waals surface area contributed by atoms with Crippen LogP contribution in [0.4, 0.5) is 0 Å². The molecule has 1 heterocycles. The van der Waals surface area contributed by atoms with Gasteiger partial charge in [-0.1, -0.05) is 19.4 Å². The van der Waals surface area contributed by atoms with Crippen LogP contribution < -0.4 is 0 Å². The molecule has 3 saturated carbocycles. The standard InChI is InChI=1S/C27H40O8/c1-26-9-7-15(29)11-14(26)3-4-16-17-5-6-19(27(17,2)10-8-18(16)26)20(30)13-34-25-24(33)23(32)22(31)21(12-28)35-25/h11,16-19,21-25,28,31-33H,3-10,12-13H2,1-2H3/t16-,17-,18-,19+,21+,22+,23-,24+,25?,26-,27-/m0/s1. The molecule has 1 saturated heterocycles. The molecule has 4 N–H and O–H groups in total. The van der Waals surface area contributed by atoms with Gasteiger partial charge < -0.3 is 29.9 Å². The summed E-state index contributed by atoms with van der Waals surface area (Å²) in [6.07, 6.45) is 2.63. The SMILES string of the molecule is C[C@]12CC[C@H]3[C@@H](CCC4=CC(=O)CC[C@@]43C)[C@@H]1CC[C@@H]2C(=O)COC1O[C@H](CO)[C@@H](O)[C@H](O)[C@H]1O. The smallest absolute Gasteiger partial charge is 0.187 e. The van der Waals surface area contributed by atoms with Crippen LogP contribution in [0.3, 0.4) is 0 Å². The minimum atomic E-state index is -1.52. The van der Waals surface area contributed by atoms with Crippen molar-refractivity contribution in [3.8, 4) is 0 Å². The van der Waals surface area contributed by atoms with E-state index in [0.717, 1.165) is 44.9 Å². The lowest BCUT2D eigenvalue weighted by molar-refractivity contribution is -0.299. The van der Waals surface area contributed by atoms with Crippen LogP contribution in [0, 0.1) is 34.5 Å². The highest BCUT2D eigenvalue weighted by molar-refractivity contribution is 5.91. The summed E-state index contributed by atoms with van der Waals surface area (Å²) in [7, 11) is 0. The van der Waals surface area contributed by atoms with Gasteiger partial charge in [0.25, 0.3) is 0 Å². The van der Waals surface area contributed by atoms with E-state index in [-0.39, 0.29) is 34.9 Å². The third kappa shape index (κ3) is 4.05. The molecular formula is C27H40O8. The number of ketones is 2. The third-order valence-electron chi connectivity index (χ3n) is 10.6. The van der Waals surface area contributed by atoms with Gasteiger partial charge in [-0.15, -0.1) is 0 Å². The molecule has 0 aromatic heterocycles. The summed E-state index contributed by atoms with van der Waals surface area (Å²) >= 11 is 0. The van der Waals surface area contributed by atoms with Gasteiger partial charge in [0.2, 0.25) is 0 Å². The summed E-state index contributed by atoms with van der Waals surface area (Å²) in [5.41, 5.74) is 1.35. The average Bonchev–Trinajstić information content (AvgIpc) is 3.20. The van der Waals surface area contributed by atoms with Gasteiger partial charge in [-0.05, 0) is 79.6 Å². The lowest BCUT2D eigenvalue weighted by atomic mass is 9.46. The van der Waals surface area contributed by atoms with Crippen LogP contribution >= 0.6 is 0 Å². The average molecular weight is 493 g/mol. The van der Waals surface area contributed by atoms with E-state index < -0.39 is 37.3 Å². The highest BCUT2D eigenvalue weighted by atomic mass is 16.7. The Morgan fingerprint density at radius 2 is 1.80 bits per heavy atom. The summed E-state index contributed by atoms with van der Waals surface area (Å²) in [4.78, 5) is 25.4. The van der Waals surface area contributed by atoms with Crippen molar-refractivity contribution in [2.24, 2.45) is 34.5 Å². The molecule has 0 aromatic rings. The van der Waals surface area contributed by atoms with Crippen molar-refractivity contribution in [1.29, 1.82) is 0 Å². The molecule has 5 aliphatic rings. The summed E-state index contributed by atoms with van der Waals surface area (Å²) in [5, 5.41) is 39.5. The highest BCUT2D eigenvalue weighted by Gasteiger charge is 2.60. The van der Waals surface area contributed by atoms with Gasteiger partial charge in [-0.3, -0.25) is 9.59 Å². The highest BCUT2D eigenvalue weighted by Crippen LogP contribution is 2.66. The predicted octanol–water partition coefficient (Wildman–Crippen LogP) is 1.52. The summed E-state index contributed by atoms with van der Waals surface area (Å²) in [6, 6.07) is 0. The first kappa shape index (κ1) is 25.5. The van der Waals surface area contributed by atoms with Crippen LogP contribution in [0.1, 0.15) is 65.2 Å². The van der Waals surface area contributed by atoms with Gasteiger partial charge in [0.1, 0.15) is 31.0 Å². The molecule has 11 atom stereocenters. The van der Waals surface area contributed by atoms with Crippen LogP contribution in [0.2, 0.25) is 0 Å². The lowest BCUT2D eigenvalue weighted by Gasteiger charge is -2.58. The van der Waals surface area contributed by atoms with E-state index in [9.17, 15) is 30.0 Å². The van der Waals surface area contributed by atoms with Crippen LogP contribution in [0.5, 0.6) is 0 Å². The number of carbonyl (C=O) groups is 2. The van der Waals surface area contributed by atoms with Gasteiger partial charge in [0.15, 0.2) is 17.9 Å². The van der Waals surface area contributed by atoms with Crippen LogP contribution in [-0.2, 0) is 19.1 Å². The minimum Gasteiger partial charge on any atom is -0.394 e. The summed E-state index contributed by atoms with van der Waals surface area (Å²) in [5.74, 6) is 1.72. The van der Waals surface area contributed by atoms with E-state index in [2.05, 4.69) is 13.8 Å². The molecule has 8 nitrogen and oxygen atoms in total. The van der Waals surface area contributed by atoms with Crippen LogP contribution in [-0.4, -0.2) is 75.9 Å². The molecule has 5 rings (SSSR count). The molecule has 0 radical (unpaired) electrons. The van der Waals surface area contributed by atoms with Gasteiger partial charge in [0, 0.05) is 12.3 Å². The van der Waals surface area contributed by atoms with Crippen molar-refractivity contribution in [3.63, 3.8) is 0 Å². The van der Waals surface area contributed by atoms with Gasteiger partial charge in [-0.2, -0.15) is 0 Å². The molecule has 1 unspecified atom stereocenters. The Morgan fingerprint density at radius 3 is 2.54 bits per heavy atom. The number of aliphatic hydroxyl groups excluding tert-OH is 4. The van der Waals surface area contributed by atoms with E-state index >= 15 is 0 Å². The zero-order valence-electron chi connectivity index (χ0n) is 20.8. The number of allylic oxidation sites excluding steroid dienone is 1. The number of hydrogen-bond acceptors (Lipinski definition) is 8. The maximum atomic E-state index is 13.4. The van der Waals surface area contributed by atoms with E-state index in [4.69, 9.17) is 9.47 Å². The first-order chi connectivity index (χ1) is 16.6. The van der Waals surface area contributed by atoms with Crippen molar-refractivity contribution in [3.05, 3.63) is 11.6 Å². The van der Waals surface area contributed by atoms with Crippen LogP contribution in [0.15, 0.2) is 11.6 Å². The second-order valence-electron chi connectivity index (χ2n) is 12.1. The van der Waals surface area contributed by atoms with Crippen molar-refractivity contribution < 1.29 is 39.5 Å². The normalized spacial score (nSPS) is 49.6. The summed E-state index contributed by atoms with van der Waals surface area (Å²) in [6.45, 7) is 3.84. The van der Waals surface area contributed by atoms with Crippen LogP contribution in [0.25, 0.3) is 0 Å². The fraction of sp³-hybridized carbons (Fsp3) is 0.852. The van der Waals surface area contributed by atoms with Crippen molar-refractivity contribution in [2.75, 3.05) is 13.2 Å². The molecule has 0 amide bonds. The fourth-order valence-corrected chi connectivity index (χ4v) is 8.56. The molecule has 35 heavy (non-hydrogen) atoms. The number of carbonyl (C=O) groups excluding carboxylic acids is 2. The quantitative estimate of drug-likeness (QED) is 0.454. The zero-order valence-corrected chi connectivity index (χ0v) is 20.8. The fourth-order valence-electron chi connectivity index (χ4n) is 8.56. The van der Waals surface area contributed by atoms with E-state index in [1.165, 1.54) is 5.57 Å². The first-order valence-electron chi connectivity index (χ1n) is 13.3. The molecule has 196 valence electrons. The Hall–Kier alpha value is -1.16. The second kappa shape index (κ2) is 9.30. The van der Waals surface area contributed by atoms with E-state index in [0.29, 0.717) is 24.2 Å². The Morgan fingerprint density at radius 1 is 1.03 bits per heavy atom. The zero-order chi connectivity index (χ0) is 25.1. The third-order valence-corrected chi connectivity index (χ3v) is 10.6. The van der Waals surface area contributed by atoms with Gasteiger partial charge >= 0.3 is 0 Å². The maximum absolute atomic E-state index is 13.4. The molecule has 0 bridgehead atoms.